The molecule has 10 nitrogen and oxygen atoms in total. The van der Waals surface area contributed by atoms with Crippen LogP contribution in [0.1, 0.15) is 36.0 Å². The summed E-state index contributed by atoms with van der Waals surface area (Å²) in [5.74, 6) is -1.86. The van der Waals surface area contributed by atoms with E-state index in [4.69, 9.17) is 4.74 Å². The highest BCUT2D eigenvalue weighted by Crippen LogP contribution is 2.32. The summed E-state index contributed by atoms with van der Waals surface area (Å²) in [7, 11) is 1.27. The maximum absolute atomic E-state index is 13.1. The molecule has 1 aromatic carbocycles. The van der Waals surface area contributed by atoms with Gasteiger partial charge in [0.05, 0.1) is 18.1 Å². The van der Waals surface area contributed by atoms with Crippen molar-refractivity contribution in [3.63, 3.8) is 0 Å². The van der Waals surface area contributed by atoms with Crippen molar-refractivity contribution in [3.05, 3.63) is 33.9 Å². The molecule has 3 rings (SSSR count). The second-order valence-electron chi connectivity index (χ2n) is 7.68. The Hall–Kier alpha value is -3.01. The van der Waals surface area contributed by atoms with Gasteiger partial charge in [-0.1, -0.05) is 6.42 Å². The Labute approximate surface area is 173 Å². The van der Waals surface area contributed by atoms with Crippen LogP contribution < -0.4 is 4.74 Å². The number of nitro benzene ring substituents is 1. The van der Waals surface area contributed by atoms with E-state index in [0.29, 0.717) is 19.4 Å². The van der Waals surface area contributed by atoms with Crippen molar-refractivity contribution in [3.8, 4) is 5.75 Å². The van der Waals surface area contributed by atoms with Crippen LogP contribution in [0.25, 0.3) is 0 Å². The summed E-state index contributed by atoms with van der Waals surface area (Å²) in [6.45, 7) is 1.51. The van der Waals surface area contributed by atoms with E-state index in [1.807, 2.05) is 4.90 Å². The summed E-state index contributed by atoms with van der Waals surface area (Å²) >= 11 is 0. The predicted molar refractivity (Wildman–Crippen MR) is 105 cm³/mol. The molecule has 162 valence electrons. The van der Waals surface area contributed by atoms with E-state index in [0.717, 1.165) is 19.3 Å². The number of aldehydes is 1. The molecule has 2 saturated heterocycles. The maximum atomic E-state index is 13.1. The molecule has 1 aromatic rings. The van der Waals surface area contributed by atoms with Crippen molar-refractivity contribution in [2.45, 2.75) is 37.8 Å². The molecule has 0 saturated carbocycles. The first-order chi connectivity index (χ1) is 14.4. The van der Waals surface area contributed by atoms with E-state index in [-0.39, 0.29) is 35.9 Å². The molecule has 1 amide bonds. The smallest absolute Gasteiger partial charge is 0.321 e. The molecule has 10 heteroatoms. The van der Waals surface area contributed by atoms with Gasteiger partial charge in [-0.2, -0.15) is 0 Å². The lowest BCUT2D eigenvalue weighted by Gasteiger charge is -2.35. The van der Waals surface area contributed by atoms with Gasteiger partial charge < -0.3 is 19.5 Å². The number of amides is 1. The Balaban J connectivity index is 1.83. The van der Waals surface area contributed by atoms with Crippen molar-refractivity contribution >= 4 is 23.9 Å². The van der Waals surface area contributed by atoms with Crippen LogP contribution in [0, 0.1) is 16.0 Å². The Kier molecular flexibility index (Phi) is 6.66. The van der Waals surface area contributed by atoms with Gasteiger partial charge in [-0.25, -0.2) is 0 Å². The van der Waals surface area contributed by atoms with Gasteiger partial charge in [0, 0.05) is 30.2 Å². The average molecular weight is 419 g/mol. The molecule has 0 aliphatic carbocycles. The van der Waals surface area contributed by atoms with Gasteiger partial charge in [-0.15, -0.1) is 0 Å². The fraction of sp³-hybridized carbons (Fsp3) is 0.550. The number of nitro groups is 1. The lowest BCUT2D eigenvalue weighted by molar-refractivity contribution is -0.385. The lowest BCUT2D eigenvalue weighted by Crippen LogP contribution is -2.49. The highest BCUT2D eigenvalue weighted by atomic mass is 16.6. The molecule has 0 radical (unpaired) electrons. The normalized spacial score (nSPS) is 23.0. The number of carbonyl (C=O) groups is 3. The average Bonchev–Trinajstić information content (AvgIpc) is 3.17. The Bertz CT molecular complexity index is 838. The SMILES string of the molecule is COc1cc(C(=O)N2CC(C(C(=O)O)N3CCCCC3)C[C@@H]2C=O)ccc1[N+](=O)[O-]. The van der Waals surface area contributed by atoms with Crippen LogP contribution in [-0.2, 0) is 9.59 Å². The number of benzene rings is 1. The van der Waals surface area contributed by atoms with Crippen LogP contribution in [0.4, 0.5) is 5.69 Å². The monoisotopic (exact) mass is 419 g/mol. The highest BCUT2D eigenvalue weighted by molar-refractivity contribution is 5.97. The van der Waals surface area contributed by atoms with E-state index in [9.17, 15) is 29.6 Å². The van der Waals surface area contributed by atoms with Crippen molar-refractivity contribution in [2.24, 2.45) is 5.92 Å². The minimum Gasteiger partial charge on any atom is -0.490 e. The zero-order valence-electron chi connectivity index (χ0n) is 16.7. The second kappa shape index (κ2) is 9.21. The number of piperidine rings is 1. The predicted octanol–water partition coefficient (Wildman–Crippen LogP) is 1.57. The topological polar surface area (TPSA) is 130 Å². The summed E-state index contributed by atoms with van der Waals surface area (Å²) < 4.78 is 5.02. The summed E-state index contributed by atoms with van der Waals surface area (Å²) in [6, 6.07) is 2.28. The Morgan fingerprint density at radius 3 is 2.57 bits per heavy atom. The van der Waals surface area contributed by atoms with E-state index in [2.05, 4.69) is 0 Å². The molecular formula is C20H25N3O7. The molecule has 0 spiro atoms. The molecule has 2 unspecified atom stereocenters. The first-order valence-corrected chi connectivity index (χ1v) is 9.93. The Morgan fingerprint density at radius 1 is 1.30 bits per heavy atom. The molecule has 3 atom stereocenters. The zero-order valence-corrected chi connectivity index (χ0v) is 16.7. The fourth-order valence-electron chi connectivity index (χ4n) is 4.47. The van der Waals surface area contributed by atoms with Crippen LogP contribution in [0.5, 0.6) is 5.75 Å². The molecule has 0 bridgehead atoms. The van der Waals surface area contributed by atoms with Crippen LogP contribution in [-0.4, -0.2) is 76.8 Å². The highest BCUT2D eigenvalue weighted by Gasteiger charge is 2.44. The number of carboxylic acids is 1. The zero-order chi connectivity index (χ0) is 21.8. The number of methoxy groups -OCH3 is 1. The number of aliphatic carboxylic acids is 1. The first-order valence-electron chi connectivity index (χ1n) is 9.93. The molecular weight excluding hydrogens is 394 g/mol. The molecule has 2 aliphatic heterocycles. The quantitative estimate of drug-likeness (QED) is 0.400. The number of likely N-dealkylation sites (tertiary alicyclic amines) is 2. The number of hydrogen-bond acceptors (Lipinski definition) is 7. The minimum atomic E-state index is -0.946. The number of carboxylic acid groups (broad SMARTS) is 1. The van der Waals surface area contributed by atoms with Crippen molar-refractivity contribution < 1.29 is 29.2 Å². The molecule has 0 aromatic heterocycles. The number of ether oxygens (including phenoxy) is 1. The third-order valence-corrected chi connectivity index (χ3v) is 5.90. The van der Waals surface area contributed by atoms with Crippen LogP contribution >= 0.6 is 0 Å². The van der Waals surface area contributed by atoms with Gasteiger partial charge in [0.15, 0.2) is 5.75 Å². The third kappa shape index (κ3) is 4.28. The van der Waals surface area contributed by atoms with Crippen molar-refractivity contribution in [1.29, 1.82) is 0 Å². The summed E-state index contributed by atoms with van der Waals surface area (Å²) in [5, 5.41) is 20.9. The van der Waals surface area contributed by atoms with Crippen molar-refractivity contribution in [2.75, 3.05) is 26.7 Å². The van der Waals surface area contributed by atoms with Gasteiger partial charge in [0.25, 0.3) is 5.91 Å². The van der Waals surface area contributed by atoms with Crippen LogP contribution in [0.3, 0.4) is 0 Å². The third-order valence-electron chi connectivity index (χ3n) is 5.90. The molecule has 2 fully saturated rings. The van der Waals surface area contributed by atoms with Gasteiger partial charge in [-0.05, 0) is 38.4 Å². The summed E-state index contributed by atoms with van der Waals surface area (Å²) in [6.07, 6.45) is 3.86. The Morgan fingerprint density at radius 2 is 2.00 bits per heavy atom. The van der Waals surface area contributed by atoms with Crippen LogP contribution in [0.2, 0.25) is 0 Å². The molecule has 2 heterocycles. The van der Waals surface area contributed by atoms with Gasteiger partial charge in [0.1, 0.15) is 12.3 Å². The number of carbonyl (C=O) groups excluding carboxylic acids is 2. The van der Waals surface area contributed by atoms with E-state index in [1.165, 1.54) is 30.2 Å². The number of hydrogen-bond donors (Lipinski definition) is 1. The maximum Gasteiger partial charge on any atom is 0.321 e. The molecule has 1 N–H and O–H groups in total. The van der Waals surface area contributed by atoms with E-state index in [1.54, 1.807) is 0 Å². The first kappa shape index (κ1) is 21.7. The van der Waals surface area contributed by atoms with Crippen molar-refractivity contribution in [1.82, 2.24) is 9.80 Å². The summed E-state index contributed by atoms with van der Waals surface area (Å²) in [4.78, 5) is 50.5. The van der Waals surface area contributed by atoms with Crippen LogP contribution in [0.15, 0.2) is 18.2 Å². The largest absolute Gasteiger partial charge is 0.490 e. The summed E-state index contributed by atoms with van der Waals surface area (Å²) in [5.41, 5.74) is -0.119. The molecule has 2 aliphatic rings. The van der Waals surface area contributed by atoms with Gasteiger partial charge in [0.2, 0.25) is 0 Å². The number of nitrogens with zero attached hydrogens (tertiary/aromatic N) is 3. The molecule has 30 heavy (non-hydrogen) atoms. The number of rotatable bonds is 7. The van der Waals surface area contributed by atoms with Gasteiger partial charge >= 0.3 is 11.7 Å². The minimum absolute atomic E-state index is 0.0546. The van der Waals surface area contributed by atoms with E-state index >= 15 is 0 Å². The van der Waals surface area contributed by atoms with E-state index < -0.39 is 28.9 Å². The van der Waals surface area contributed by atoms with Gasteiger partial charge in [-0.3, -0.25) is 24.6 Å². The fourth-order valence-corrected chi connectivity index (χ4v) is 4.47. The second-order valence-corrected chi connectivity index (χ2v) is 7.68. The lowest BCUT2D eigenvalue weighted by atomic mass is 9.94. The standard InChI is InChI=1S/C20H25N3O7/c1-30-17-10-13(5-6-16(17)23(28)29)19(25)22-11-14(9-15(22)12-24)18(20(26)27)21-7-3-2-4-8-21/h5-6,10,12,14-15,18H,2-4,7-9,11H2,1H3,(H,26,27)/t14?,15-,18?/m1/s1.